The van der Waals surface area contributed by atoms with Crippen LogP contribution >= 0.6 is 11.8 Å². The van der Waals surface area contributed by atoms with Gasteiger partial charge in [0.15, 0.2) is 5.17 Å². The van der Waals surface area contributed by atoms with E-state index in [0.717, 1.165) is 6.07 Å². The number of carbonyl (C=O) groups is 1. The second kappa shape index (κ2) is 9.22. The van der Waals surface area contributed by atoms with Gasteiger partial charge in [0.05, 0.1) is 12.2 Å². The number of nitrogens with two attached hydrogens (primary N) is 1. The Morgan fingerprint density at radius 1 is 1.44 bits per heavy atom. The average molecular weight is 460 g/mol. The number of halogens is 2. The smallest absolute Gasteiger partial charge is 0.274 e. The van der Waals surface area contributed by atoms with Gasteiger partial charge in [0.2, 0.25) is 0 Å². The Labute approximate surface area is 189 Å². The Morgan fingerprint density at radius 3 is 2.81 bits per heavy atom. The van der Waals surface area contributed by atoms with Gasteiger partial charge < -0.3 is 15.8 Å². The molecule has 1 amide bonds. The number of nitrogens with zero attached hydrogens (tertiary/aromatic N) is 3. The van der Waals surface area contributed by atoms with Gasteiger partial charge in [-0.25, -0.2) is 18.8 Å². The number of benzene rings is 1. The van der Waals surface area contributed by atoms with E-state index in [1.54, 1.807) is 13.0 Å². The van der Waals surface area contributed by atoms with Gasteiger partial charge in [0, 0.05) is 29.3 Å². The van der Waals surface area contributed by atoms with Crippen LogP contribution < -0.4 is 11.1 Å². The molecule has 2 heterocycles. The van der Waals surface area contributed by atoms with E-state index >= 15 is 0 Å². The number of methoxy groups -OCH3 is 1. The number of pyridine rings is 1. The van der Waals surface area contributed by atoms with Crippen LogP contribution in [0, 0.1) is 24.1 Å². The number of aromatic nitrogens is 1. The number of aliphatic imine (C=N–C) groups is 1. The summed E-state index contributed by atoms with van der Waals surface area (Å²) in [7, 11) is 1.53. The largest absolute Gasteiger partial charge is 0.383 e. The quantitative estimate of drug-likeness (QED) is 0.681. The fourth-order valence-electron chi connectivity index (χ4n) is 3.89. The molecule has 1 aliphatic rings. The zero-order valence-corrected chi connectivity index (χ0v) is 18.7. The number of alkyl halides is 1. The van der Waals surface area contributed by atoms with Gasteiger partial charge in [0.25, 0.3) is 5.91 Å². The van der Waals surface area contributed by atoms with Gasteiger partial charge >= 0.3 is 0 Å². The molecule has 1 aliphatic heterocycles. The van der Waals surface area contributed by atoms with Crippen LogP contribution in [0.4, 0.5) is 14.5 Å². The number of hydrogen-bond donors (Lipinski definition) is 2. The average Bonchev–Trinajstić information content (AvgIpc) is 2.74. The number of carbonyl (C=O) groups excluding carboxylic acids is 1. The van der Waals surface area contributed by atoms with Crippen molar-refractivity contribution in [2.24, 2.45) is 10.7 Å². The van der Waals surface area contributed by atoms with Gasteiger partial charge in [-0.05, 0) is 50.1 Å². The molecular formula is C22H23F2N5O2S. The number of ether oxygens (including phenoxy) is 1. The van der Waals surface area contributed by atoms with E-state index in [1.807, 2.05) is 13.0 Å². The predicted octanol–water partition coefficient (Wildman–Crippen LogP) is 3.67. The molecule has 0 saturated heterocycles. The third kappa shape index (κ3) is 4.74. The molecule has 32 heavy (non-hydrogen) atoms. The number of rotatable bonds is 6. The van der Waals surface area contributed by atoms with E-state index in [1.165, 1.54) is 37.2 Å². The lowest BCUT2D eigenvalue weighted by Gasteiger charge is -2.41. The fraction of sp³-hybridized carbons (Fsp3) is 0.364. The number of nitriles is 1. The van der Waals surface area contributed by atoms with Crippen LogP contribution in [0.3, 0.4) is 0 Å². The number of anilines is 1. The van der Waals surface area contributed by atoms with Crippen molar-refractivity contribution in [2.45, 2.75) is 30.6 Å². The first-order valence-corrected chi connectivity index (χ1v) is 10.5. The zero-order valence-electron chi connectivity index (χ0n) is 17.9. The molecule has 0 bridgehead atoms. The molecule has 0 spiro atoms. The van der Waals surface area contributed by atoms with Crippen LogP contribution in [0.2, 0.25) is 0 Å². The highest BCUT2D eigenvalue weighted by atomic mass is 32.2. The molecule has 7 nitrogen and oxygen atoms in total. The first kappa shape index (κ1) is 23.6. The molecule has 0 saturated carbocycles. The summed E-state index contributed by atoms with van der Waals surface area (Å²) in [4.78, 5) is 21.0. The van der Waals surface area contributed by atoms with Crippen molar-refractivity contribution in [2.75, 3.05) is 25.7 Å². The van der Waals surface area contributed by atoms with Crippen molar-refractivity contribution < 1.29 is 18.3 Å². The molecule has 0 aliphatic carbocycles. The van der Waals surface area contributed by atoms with Crippen molar-refractivity contribution in [3.63, 3.8) is 0 Å². The second-order valence-corrected chi connectivity index (χ2v) is 9.54. The van der Waals surface area contributed by atoms with Crippen LogP contribution in [-0.4, -0.2) is 41.2 Å². The van der Waals surface area contributed by atoms with Gasteiger partial charge in [-0.2, -0.15) is 5.26 Å². The molecule has 1 aromatic heterocycles. The van der Waals surface area contributed by atoms with E-state index in [9.17, 15) is 13.6 Å². The minimum atomic E-state index is -1.55. The lowest BCUT2D eigenvalue weighted by Crippen LogP contribution is -2.45. The summed E-state index contributed by atoms with van der Waals surface area (Å²) in [6.45, 7) is 2.82. The number of amidine groups is 1. The molecule has 2 atom stereocenters. The lowest BCUT2D eigenvalue weighted by molar-refractivity contribution is 0.102. The Balaban J connectivity index is 1.97. The van der Waals surface area contributed by atoms with Gasteiger partial charge in [-0.3, -0.25) is 4.79 Å². The summed E-state index contributed by atoms with van der Waals surface area (Å²) in [6.07, 6.45) is 1.45. The molecule has 0 radical (unpaired) electrons. The highest BCUT2D eigenvalue weighted by molar-refractivity contribution is 8.15. The standard InChI is InChI=1S/C22H23F2N5O2S/c1-13-6-14(8-25)9-27-18(13)19(30)28-15-4-5-17(24)16(7-15)22(11-23)10-21(2,12-31-3)32-20(26)29-22/h4-7,9H,10-12H2,1-3H3,(H2,26,29)(H,28,30)/t21-,22-/m1/s1. The Hall–Kier alpha value is -3.03. The fourth-order valence-corrected chi connectivity index (χ4v) is 5.11. The third-order valence-corrected chi connectivity index (χ3v) is 6.22. The van der Waals surface area contributed by atoms with Crippen molar-refractivity contribution in [3.8, 4) is 6.07 Å². The molecule has 0 unspecified atom stereocenters. The van der Waals surface area contributed by atoms with E-state index in [0.29, 0.717) is 11.1 Å². The molecule has 10 heteroatoms. The SMILES string of the molecule is COC[C@@]1(C)C[C@@](CF)(c2cc(NC(=O)c3ncc(C#N)cc3C)ccc2F)N=C(N)S1. The summed E-state index contributed by atoms with van der Waals surface area (Å²) in [5.74, 6) is -1.19. The second-order valence-electron chi connectivity index (χ2n) is 7.93. The van der Waals surface area contributed by atoms with Crippen LogP contribution in [0.5, 0.6) is 0 Å². The minimum Gasteiger partial charge on any atom is -0.383 e. The van der Waals surface area contributed by atoms with Crippen molar-refractivity contribution in [1.29, 1.82) is 5.26 Å². The Bertz CT molecular complexity index is 1120. The van der Waals surface area contributed by atoms with Crippen molar-refractivity contribution in [3.05, 3.63) is 58.7 Å². The van der Waals surface area contributed by atoms with Gasteiger partial charge in [0.1, 0.15) is 29.8 Å². The molecule has 2 aromatic rings. The van der Waals surface area contributed by atoms with E-state index in [-0.39, 0.29) is 35.1 Å². The maximum Gasteiger partial charge on any atom is 0.274 e. The maximum atomic E-state index is 14.9. The highest BCUT2D eigenvalue weighted by Gasteiger charge is 2.46. The van der Waals surface area contributed by atoms with Crippen LogP contribution in [0.1, 0.15) is 40.5 Å². The number of aryl methyl sites for hydroxylation is 1. The monoisotopic (exact) mass is 459 g/mol. The van der Waals surface area contributed by atoms with Gasteiger partial charge in [-0.15, -0.1) is 0 Å². The normalized spacial score (nSPS) is 22.7. The third-order valence-electron chi connectivity index (χ3n) is 5.16. The summed E-state index contributed by atoms with van der Waals surface area (Å²) < 4.78 is 34.0. The molecular weight excluding hydrogens is 436 g/mol. The first-order valence-electron chi connectivity index (χ1n) is 9.73. The van der Waals surface area contributed by atoms with E-state index < -0.39 is 28.7 Å². The molecule has 1 aromatic carbocycles. The molecule has 3 N–H and O–H groups in total. The molecule has 3 rings (SSSR count). The summed E-state index contributed by atoms with van der Waals surface area (Å²) in [5, 5.41) is 11.8. The lowest BCUT2D eigenvalue weighted by atomic mass is 9.82. The summed E-state index contributed by atoms with van der Waals surface area (Å²) >= 11 is 1.26. The van der Waals surface area contributed by atoms with Crippen LogP contribution in [0.15, 0.2) is 35.5 Å². The number of hydrogen-bond acceptors (Lipinski definition) is 7. The number of nitrogens with one attached hydrogen (secondary N) is 1. The topological polar surface area (TPSA) is 113 Å². The zero-order chi connectivity index (χ0) is 23.5. The van der Waals surface area contributed by atoms with E-state index in [2.05, 4.69) is 15.3 Å². The Kier molecular flexibility index (Phi) is 6.81. The number of thioether (sulfide) groups is 1. The van der Waals surface area contributed by atoms with E-state index in [4.69, 9.17) is 15.7 Å². The van der Waals surface area contributed by atoms with Crippen molar-refractivity contribution >= 4 is 28.5 Å². The molecule has 168 valence electrons. The summed E-state index contributed by atoms with van der Waals surface area (Å²) in [6, 6.07) is 7.40. The Morgan fingerprint density at radius 2 is 2.19 bits per heavy atom. The van der Waals surface area contributed by atoms with Gasteiger partial charge in [-0.1, -0.05) is 11.8 Å². The van der Waals surface area contributed by atoms with Crippen LogP contribution in [0.25, 0.3) is 0 Å². The van der Waals surface area contributed by atoms with Crippen molar-refractivity contribution in [1.82, 2.24) is 4.98 Å². The highest BCUT2D eigenvalue weighted by Crippen LogP contribution is 2.46. The maximum absolute atomic E-state index is 14.9. The summed E-state index contributed by atoms with van der Waals surface area (Å²) in [5.41, 5.74) is 5.65. The first-order chi connectivity index (χ1) is 15.1. The number of amides is 1. The minimum absolute atomic E-state index is 0.00659. The predicted molar refractivity (Wildman–Crippen MR) is 120 cm³/mol. The molecule has 0 fully saturated rings. The van der Waals surface area contributed by atoms with Crippen LogP contribution in [-0.2, 0) is 10.3 Å².